The van der Waals surface area contributed by atoms with Gasteiger partial charge in [0.05, 0.1) is 6.42 Å². The van der Waals surface area contributed by atoms with Gasteiger partial charge in [0.2, 0.25) is 5.91 Å². The zero-order chi connectivity index (χ0) is 14.8. The van der Waals surface area contributed by atoms with Crippen LogP contribution in [0.15, 0.2) is 24.5 Å². The second kappa shape index (κ2) is 7.58. The molecule has 0 radical (unpaired) electrons. The number of rotatable bonds is 5. The number of pyridine rings is 1. The summed E-state index contributed by atoms with van der Waals surface area (Å²) in [4.78, 5) is 12.1. The largest absolute Gasteiger partial charge is 1.00 e. The quantitative estimate of drug-likeness (QED) is 0.708. The van der Waals surface area contributed by atoms with Gasteiger partial charge in [-0.15, -0.1) is 0 Å². The molecule has 4 unspecified atom stereocenters. The van der Waals surface area contributed by atoms with Crippen molar-refractivity contribution in [3.63, 3.8) is 0 Å². The van der Waals surface area contributed by atoms with Crippen molar-refractivity contribution in [2.24, 2.45) is 17.8 Å². The zero-order valence-electron chi connectivity index (χ0n) is 13.6. The van der Waals surface area contributed by atoms with Gasteiger partial charge in [-0.1, -0.05) is 6.42 Å². The summed E-state index contributed by atoms with van der Waals surface area (Å²) in [6.45, 7) is 5.03. The van der Waals surface area contributed by atoms with Crippen LogP contribution in [-0.2, 0) is 11.3 Å². The molecule has 3 rings (SSSR count). The first-order valence-electron chi connectivity index (χ1n) is 8.37. The Morgan fingerprint density at radius 1 is 1.32 bits per heavy atom. The summed E-state index contributed by atoms with van der Waals surface area (Å²) in [5.41, 5.74) is 1.25. The Morgan fingerprint density at radius 2 is 2.05 bits per heavy atom. The van der Waals surface area contributed by atoms with E-state index >= 15 is 0 Å². The van der Waals surface area contributed by atoms with Crippen LogP contribution < -0.4 is 26.9 Å². The van der Waals surface area contributed by atoms with Crippen molar-refractivity contribution in [1.82, 2.24) is 5.32 Å². The summed E-state index contributed by atoms with van der Waals surface area (Å²) in [5, 5.41) is 3.24. The Balaban J connectivity index is 0.00000176. The van der Waals surface area contributed by atoms with E-state index in [-0.39, 0.29) is 22.9 Å². The Labute approximate surface area is 144 Å². The molecule has 1 amide bonds. The van der Waals surface area contributed by atoms with Crippen LogP contribution in [0, 0.1) is 24.7 Å². The molecular weight excluding hydrogens is 340 g/mol. The van der Waals surface area contributed by atoms with Crippen LogP contribution in [0.4, 0.5) is 0 Å². The Morgan fingerprint density at radius 3 is 2.64 bits per heavy atom. The normalized spacial score (nSPS) is 27.3. The molecule has 1 N–H and O–H groups in total. The summed E-state index contributed by atoms with van der Waals surface area (Å²) in [6, 6.07) is 4.50. The number of halogens is 1. The molecule has 1 aromatic heterocycles. The lowest BCUT2D eigenvalue weighted by Gasteiger charge is -2.28. The Hall–Kier alpha value is -0.900. The van der Waals surface area contributed by atoms with Gasteiger partial charge >= 0.3 is 0 Å². The van der Waals surface area contributed by atoms with E-state index in [0.717, 1.165) is 24.3 Å². The lowest BCUT2D eigenvalue weighted by atomic mass is 9.84. The first-order chi connectivity index (χ1) is 10.1. The highest BCUT2D eigenvalue weighted by Gasteiger charge is 2.42. The molecule has 3 nitrogen and oxygen atoms in total. The lowest BCUT2D eigenvalue weighted by Crippen LogP contribution is -3.00. The molecule has 4 heteroatoms. The van der Waals surface area contributed by atoms with Gasteiger partial charge in [-0.3, -0.25) is 4.79 Å². The van der Waals surface area contributed by atoms with Crippen LogP contribution in [0.5, 0.6) is 0 Å². The number of carbonyl (C=O) groups excluding carboxylic acids is 1. The van der Waals surface area contributed by atoms with Crippen LogP contribution in [0.2, 0.25) is 0 Å². The number of aryl methyl sites for hydroxylation is 2. The van der Waals surface area contributed by atoms with Gasteiger partial charge in [-0.05, 0) is 56.4 Å². The van der Waals surface area contributed by atoms with Crippen molar-refractivity contribution in [2.45, 2.75) is 58.5 Å². The minimum atomic E-state index is 0. The van der Waals surface area contributed by atoms with E-state index in [2.05, 4.69) is 35.9 Å². The molecular formula is C18H27BrN2O. The molecule has 22 heavy (non-hydrogen) atoms. The van der Waals surface area contributed by atoms with E-state index < -0.39 is 0 Å². The van der Waals surface area contributed by atoms with Gasteiger partial charge < -0.3 is 22.3 Å². The van der Waals surface area contributed by atoms with Crippen molar-refractivity contribution >= 4 is 5.91 Å². The molecule has 2 aliphatic carbocycles. The highest BCUT2D eigenvalue weighted by Crippen LogP contribution is 2.49. The maximum atomic E-state index is 12.1. The SMILES string of the molecule is Cc1cc[n+](CCC(=O)NC(C)C2CC3CCC2C3)cc1.[Br-]. The fraction of sp³-hybridized carbons (Fsp3) is 0.667. The third-order valence-corrected chi connectivity index (χ3v) is 5.48. The van der Waals surface area contributed by atoms with Crippen molar-refractivity contribution in [1.29, 1.82) is 0 Å². The first-order valence-corrected chi connectivity index (χ1v) is 8.37. The van der Waals surface area contributed by atoms with Crippen LogP contribution in [0.1, 0.15) is 44.6 Å². The van der Waals surface area contributed by atoms with Gasteiger partial charge in [0.25, 0.3) is 0 Å². The van der Waals surface area contributed by atoms with Crippen LogP contribution >= 0.6 is 0 Å². The van der Waals surface area contributed by atoms with Crippen LogP contribution in [-0.4, -0.2) is 11.9 Å². The number of nitrogens with zero attached hydrogens (tertiary/aromatic N) is 1. The number of amides is 1. The number of carbonyl (C=O) groups is 1. The number of hydrogen-bond acceptors (Lipinski definition) is 1. The summed E-state index contributed by atoms with van der Waals surface area (Å²) in [5.74, 6) is 2.73. The average molecular weight is 367 g/mol. The van der Waals surface area contributed by atoms with Crippen molar-refractivity contribution in [3.8, 4) is 0 Å². The van der Waals surface area contributed by atoms with Gasteiger partial charge in [0, 0.05) is 18.2 Å². The molecule has 2 saturated carbocycles. The standard InChI is InChI=1S/C18H26N2O.BrH/c1-13-5-8-20(9-6-13)10-7-18(21)19-14(2)17-12-15-3-4-16(17)11-15;/h5-6,8-9,14-17H,3-4,7,10-12H2,1-2H3;1H. The number of aromatic nitrogens is 1. The number of hydrogen-bond donors (Lipinski definition) is 1. The Bertz CT molecular complexity index is 502. The molecule has 1 heterocycles. The molecule has 4 atom stereocenters. The molecule has 2 fully saturated rings. The summed E-state index contributed by atoms with van der Waals surface area (Å²) >= 11 is 0. The monoisotopic (exact) mass is 366 g/mol. The molecule has 2 bridgehead atoms. The molecule has 0 saturated heterocycles. The zero-order valence-corrected chi connectivity index (χ0v) is 15.2. The number of nitrogens with one attached hydrogen (secondary N) is 1. The Kier molecular flexibility index (Phi) is 6.01. The third kappa shape index (κ3) is 4.09. The second-order valence-corrected chi connectivity index (χ2v) is 7.06. The second-order valence-electron chi connectivity index (χ2n) is 7.06. The van der Waals surface area contributed by atoms with Crippen LogP contribution in [0.3, 0.4) is 0 Å². The molecule has 1 aromatic rings. The maximum Gasteiger partial charge on any atom is 0.226 e. The average Bonchev–Trinajstić information content (AvgIpc) is 3.09. The lowest BCUT2D eigenvalue weighted by molar-refractivity contribution is -0.695. The fourth-order valence-electron chi connectivity index (χ4n) is 4.25. The van der Waals surface area contributed by atoms with Crippen LogP contribution in [0.25, 0.3) is 0 Å². The smallest absolute Gasteiger partial charge is 0.226 e. The topological polar surface area (TPSA) is 33.0 Å². The van der Waals surface area contributed by atoms with Gasteiger partial charge in [0.1, 0.15) is 0 Å². The summed E-state index contributed by atoms with van der Waals surface area (Å²) in [7, 11) is 0. The van der Waals surface area contributed by atoms with E-state index in [4.69, 9.17) is 0 Å². The van der Waals surface area contributed by atoms with E-state index in [9.17, 15) is 4.79 Å². The fourth-order valence-corrected chi connectivity index (χ4v) is 4.25. The number of fused-ring (bicyclic) bond motifs is 2. The highest BCUT2D eigenvalue weighted by atomic mass is 79.9. The predicted octanol–water partition coefficient (Wildman–Crippen LogP) is -0.382. The van der Waals surface area contributed by atoms with E-state index in [1.807, 2.05) is 12.4 Å². The van der Waals surface area contributed by atoms with E-state index in [1.165, 1.54) is 31.2 Å². The van der Waals surface area contributed by atoms with Gasteiger partial charge in [0.15, 0.2) is 18.9 Å². The van der Waals surface area contributed by atoms with Gasteiger partial charge in [-0.2, -0.15) is 0 Å². The predicted molar refractivity (Wildman–Crippen MR) is 82.5 cm³/mol. The maximum absolute atomic E-state index is 12.1. The minimum absolute atomic E-state index is 0. The summed E-state index contributed by atoms with van der Waals surface area (Å²) < 4.78 is 2.08. The van der Waals surface area contributed by atoms with E-state index in [1.54, 1.807) is 0 Å². The first kappa shape index (κ1) is 17.5. The summed E-state index contributed by atoms with van der Waals surface area (Å²) in [6.07, 6.45) is 10.2. The van der Waals surface area contributed by atoms with Crippen molar-refractivity contribution in [3.05, 3.63) is 30.1 Å². The van der Waals surface area contributed by atoms with Gasteiger partial charge in [-0.25, -0.2) is 4.57 Å². The van der Waals surface area contributed by atoms with Crippen molar-refractivity contribution in [2.75, 3.05) is 0 Å². The van der Waals surface area contributed by atoms with E-state index in [0.29, 0.717) is 12.5 Å². The highest BCUT2D eigenvalue weighted by molar-refractivity contribution is 5.76. The molecule has 122 valence electrons. The third-order valence-electron chi connectivity index (χ3n) is 5.48. The molecule has 0 spiro atoms. The minimum Gasteiger partial charge on any atom is -1.00 e. The molecule has 0 aliphatic heterocycles. The molecule has 0 aromatic carbocycles. The van der Waals surface area contributed by atoms with Crippen molar-refractivity contribution < 1.29 is 26.3 Å². The molecule has 2 aliphatic rings.